The van der Waals surface area contributed by atoms with Crippen LogP contribution in [0.3, 0.4) is 0 Å². The molecule has 1 aliphatic rings. The van der Waals surface area contributed by atoms with Crippen molar-refractivity contribution >= 4 is 11.8 Å². The molecule has 2 N–H and O–H groups in total. The molecule has 0 radical (unpaired) electrons. The molecular weight excluding hydrogens is 427 g/mol. The van der Waals surface area contributed by atoms with E-state index in [0.29, 0.717) is 41.6 Å². The lowest BCUT2D eigenvalue weighted by molar-refractivity contribution is -0.128. The predicted octanol–water partition coefficient (Wildman–Crippen LogP) is 3.38. The van der Waals surface area contributed by atoms with Gasteiger partial charge in [0.1, 0.15) is 18.2 Å². The lowest BCUT2D eigenvalue weighted by atomic mass is 9.84. The molecule has 7 nitrogen and oxygen atoms in total. The van der Waals surface area contributed by atoms with Crippen LogP contribution in [0.2, 0.25) is 0 Å². The van der Waals surface area contributed by atoms with Gasteiger partial charge in [-0.1, -0.05) is 18.2 Å². The van der Waals surface area contributed by atoms with E-state index in [1.807, 2.05) is 12.1 Å². The largest absolute Gasteiger partial charge is 0.497 e. The number of rotatable bonds is 12. The number of amides is 1. The summed E-state index contributed by atoms with van der Waals surface area (Å²) in [7, 11) is 1.56. The first-order valence-electron chi connectivity index (χ1n) is 10.8. The highest BCUT2D eigenvalue weighted by Crippen LogP contribution is 2.43. The molecular formula is C25H29FN2O5. The standard InChI is InChI=1S/C25H29FN2O5/c1-3-12-25(24(30)27-14-13-26)22(19-6-4-7-21(17-19)31-2)33-23(28-25)18-8-10-20(11-9-18)32-16-5-15-29/h3-4,6-11,17,22,29H,1,5,12-16H2,2H3,(H,27,30)/t22-,25-/m1/s1. The Morgan fingerprint density at radius 2 is 2.09 bits per heavy atom. The minimum atomic E-state index is -1.35. The summed E-state index contributed by atoms with van der Waals surface area (Å²) in [4.78, 5) is 18.0. The number of carbonyl (C=O) groups is 1. The second kappa shape index (κ2) is 11.5. The van der Waals surface area contributed by atoms with E-state index in [4.69, 9.17) is 24.3 Å². The zero-order valence-electron chi connectivity index (χ0n) is 18.6. The van der Waals surface area contributed by atoms with Gasteiger partial charge < -0.3 is 24.6 Å². The average molecular weight is 457 g/mol. The Kier molecular flexibility index (Phi) is 8.43. The number of aliphatic hydroxyl groups excluding tert-OH is 1. The van der Waals surface area contributed by atoms with Gasteiger partial charge in [0.05, 0.1) is 13.7 Å². The summed E-state index contributed by atoms with van der Waals surface area (Å²) in [5.74, 6) is 1.12. The third-order valence-corrected chi connectivity index (χ3v) is 5.26. The van der Waals surface area contributed by atoms with Crippen LogP contribution in [-0.2, 0) is 9.53 Å². The molecule has 33 heavy (non-hydrogen) atoms. The van der Waals surface area contributed by atoms with E-state index in [2.05, 4.69) is 11.9 Å². The number of hydrogen-bond donors (Lipinski definition) is 2. The van der Waals surface area contributed by atoms with Gasteiger partial charge in [-0.05, 0) is 42.0 Å². The molecule has 0 spiro atoms. The van der Waals surface area contributed by atoms with Gasteiger partial charge in [-0.15, -0.1) is 6.58 Å². The van der Waals surface area contributed by atoms with Gasteiger partial charge in [0.15, 0.2) is 11.6 Å². The van der Waals surface area contributed by atoms with Crippen molar-refractivity contribution in [1.82, 2.24) is 5.32 Å². The number of carbonyl (C=O) groups excluding carboxylic acids is 1. The van der Waals surface area contributed by atoms with Crippen molar-refractivity contribution in [1.29, 1.82) is 0 Å². The minimum Gasteiger partial charge on any atom is -0.497 e. The molecule has 0 saturated heterocycles. The maximum Gasteiger partial charge on any atom is 0.252 e. The number of nitrogens with zero attached hydrogens (tertiary/aromatic N) is 1. The minimum absolute atomic E-state index is 0.0598. The van der Waals surface area contributed by atoms with Crippen LogP contribution in [0.5, 0.6) is 11.5 Å². The molecule has 2 atom stereocenters. The fraction of sp³-hybridized carbons (Fsp3) is 0.360. The van der Waals surface area contributed by atoms with Crippen LogP contribution in [0.15, 0.2) is 66.2 Å². The number of aliphatic hydroxyl groups is 1. The van der Waals surface area contributed by atoms with Crippen LogP contribution in [0, 0.1) is 0 Å². The molecule has 0 aromatic heterocycles. The number of nitrogens with one attached hydrogen (secondary N) is 1. The van der Waals surface area contributed by atoms with Crippen molar-refractivity contribution < 1.29 is 28.5 Å². The summed E-state index contributed by atoms with van der Waals surface area (Å²) in [5.41, 5.74) is 0.0190. The van der Waals surface area contributed by atoms with E-state index in [-0.39, 0.29) is 19.6 Å². The third kappa shape index (κ3) is 5.51. The summed E-state index contributed by atoms with van der Waals surface area (Å²) in [5, 5.41) is 11.5. The van der Waals surface area contributed by atoms with Crippen molar-refractivity contribution in [3.05, 3.63) is 72.3 Å². The fourth-order valence-electron chi connectivity index (χ4n) is 3.65. The van der Waals surface area contributed by atoms with Crippen LogP contribution in [0.1, 0.15) is 30.1 Å². The Morgan fingerprint density at radius 3 is 2.76 bits per heavy atom. The van der Waals surface area contributed by atoms with Crippen molar-refractivity contribution in [2.75, 3.05) is 33.5 Å². The van der Waals surface area contributed by atoms with Gasteiger partial charge in [0.25, 0.3) is 5.91 Å². The molecule has 0 bridgehead atoms. The highest BCUT2D eigenvalue weighted by Gasteiger charge is 2.52. The van der Waals surface area contributed by atoms with E-state index in [1.54, 1.807) is 49.6 Å². The maximum atomic E-state index is 13.2. The van der Waals surface area contributed by atoms with E-state index in [9.17, 15) is 9.18 Å². The number of aliphatic imine (C=N–C) groups is 1. The number of halogens is 1. The monoisotopic (exact) mass is 456 g/mol. The smallest absolute Gasteiger partial charge is 0.252 e. The first kappa shape index (κ1) is 24.3. The Hall–Kier alpha value is -3.39. The zero-order valence-corrected chi connectivity index (χ0v) is 18.6. The van der Waals surface area contributed by atoms with Crippen LogP contribution < -0.4 is 14.8 Å². The molecule has 0 aliphatic carbocycles. The summed E-state index contributed by atoms with van der Waals surface area (Å²) < 4.78 is 30.0. The van der Waals surface area contributed by atoms with E-state index in [1.165, 1.54) is 0 Å². The highest BCUT2D eigenvalue weighted by atomic mass is 19.1. The van der Waals surface area contributed by atoms with Crippen molar-refractivity contribution in [2.45, 2.75) is 24.5 Å². The Bertz CT molecular complexity index is 979. The second-order valence-corrected chi connectivity index (χ2v) is 7.50. The Labute approximate surface area is 192 Å². The van der Waals surface area contributed by atoms with Crippen molar-refractivity contribution in [3.8, 4) is 11.5 Å². The number of alkyl halides is 1. The Morgan fingerprint density at radius 1 is 1.30 bits per heavy atom. The molecule has 2 aromatic rings. The quantitative estimate of drug-likeness (QED) is 0.378. The summed E-state index contributed by atoms with van der Waals surface area (Å²) in [6.45, 7) is 3.46. The average Bonchev–Trinajstić information content (AvgIpc) is 3.24. The molecule has 1 heterocycles. The van der Waals surface area contributed by atoms with E-state index < -0.39 is 24.2 Å². The number of hydrogen-bond acceptors (Lipinski definition) is 6. The second-order valence-electron chi connectivity index (χ2n) is 7.50. The van der Waals surface area contributed by atoms with Crippen LogP contribution in [0.25, 0.3) is 0 Å². The molecule has 1 aliphatic heterocycles. The first-order chi connectivity index (χ1) is 16.1. The molecule has 8 heteroatoms. The molecule has 0 saturated carbocycles. The number of ether oxygens (including phenoxy) is 3. The topological polar surface area (TPSA) is 89.4 Å². The van der Waals surface area contributed by atoms with Crippen molar-refractivity contribution in [2.24, 2.45) is 4.99 Å². The van der Waals surface area contributed by atoms with Crippen molar-refractivity contribution in [3.63, 3.8) is 0 Å². The summed E-state index contributed by atoms with van der Waals surface area (Å²) >= 11 is 0. The van der Waals surface area contributed by atoms with Crippen LogP contribution >= 0.6 is 0 Å². The fourth-order valence-corrected chi connectivity index (χ4v) is 3.65. The summed E-state index contributed by atoms with van der Waals surface area (Å²) in [6, 6.07) is 14.4. The molecule has 0 fully saturated rings. The van der Waals surface area contributed by atoms with Gasteiger partial charge in [0, 0.05) is 31.6 Å². The molecule has 3 rings (SSSR count). The van der Waals surface area contributed by atoms with E-state index in [0.717, 1.165) is 0 Å². The highest BCUT2D eigenvalue weighted by molar-refractivity contribution is 6.01. The maximum absolute atomic E-state index is 13.2. The zero-order chi connectivity index (χ0) is 23.7. The normalized spacial score (nSPS) is 19.4. The first-order valence-corrected chi connectivity index (χ1v) is 10.8. The molecule has 1 amide bonds. The number of benzene rings is 2. The van der Waals surface area contributed by atoms with Gasteiger partial charge in [0.2, 0.25) is 5.90 Å². The van der Waals surface area contributed by atoms with E-state index >= 15 is 0 Å². The lowest BCUT2D eigenvalue weighted by Gasteiger charge is -2.29. The SMILES string of the molecule is C=CC[C@@]1(C(=O)NCCF)N=C(c2ccc(OCCCO)cc2)O[C@@H]1c1cccc(OC)c1. The third-order valence-electron chi connectivity index (χ3n) is 5.26. The molecule has 0 unspecified atom stereocenters. The summed E-state index contributed by atoms with van der Waals surface area (Å²) in [6.07, 6.45) is 1.58. The predicted molar refractivity (Wildman–Crippen MR) is 124 cm³/mol. The molecule has 176 valence electrons. The van der Waals surface area contributed by atoms with Gasteiger partial charge >= 0.3 is 0 Å². The van der Waals surface area contributed by atoms with Gasteiger partial charge in [-0.3, -0.25) is 4.79 Å². The lowest BCUT2D eigenvalue weighted by Crippen LogP contribution is -2.48. The van der Waals surface area contributed by atoms with Crippen LogP contribution in [0.4, 0.5) is 4.39 Å². The van der Waals surface area contributed by atoms with Crippen LogP contribution in [-0.4, -0.2) is 56.0 Å². The Balaban J connectivity index is 1.98. The van der Waals surface area contributed by atoms with Gasteiger partial charge in [-0.25, -0.2) is 9.38 Å². The molecule has 2 aromatic carbocycles. The van der Waals surface area contributed by atoms with Gasteiger partial charge in [-0.2, -0.15) is 0 Å². The number of methoxy groups -OCH3 is 1.